The van der Waals surface area contributed by atoms with E-state index >= 15 is 0 Å². The summed E-state index contributed by atoms with van der Waals surface area (Å²) < 4.78 is 1.79. The van der Waals surface area contributed by atoms with Crippen LogP contribution in [0, 0.1) is 30.9 Å². The van der Waals surface area contributed by atoms with Crippen LogP contribution in [0.4, 0.5) is 11.4 Å². The number of non-ortho nitro benzene ring substituents is 1. The summed E-state index contributed by atoms with van der Waals surface area (Å²) in [6, 6.07) is 21.7. The van der Waals surface area contributed by atoms with Crippen molar-refractivity contribution in [2.75, 3.05) is 5.32 Å². The zero-order valence-corrected chi connectivity index (χ0v) is 22.2. The van der Waals surface area contributed by atoms with Gasteiger partial charge in [-0.25, -0.2) is 4.98 Å². The number of hydrogen-bond acceptors (Lipinski definition) is 6. The standard InChI is InChI=1S/C29H25N5O3S/c1-17-9-11-22(12-10-17)38-23-14-20(13-21(15-23)34(36)37)30-29(35)25-16-27(28-18(2)32-33(4)19(28)3)31-26-8-6-5-7-24(25)26/h5-16H,1-4H3,(H,30,35). The van der Waals surface area contributed by atoms with E-state index in [2.05, 4.69) is 10.4 Å². The van der Waals surface area contributed by atoms with Gasteiger partial charge in [-0.15, -0.1) is 0 Å². The van der Waals surface area contributed by atoms with Gasteiger partial charge in [-0.1, -0.05) is 47.7 Å². The summed E-state index contributed by atoms with van der Waals surface area (Å²) in [6.07, 6.45) is 0. The van der Waals surface area contributed by atoms with Crippen LogP contribution < -0.4 is 5.32 Å². The molecule has 1 amide bonds. The van der Waals surface area contributed by atoms with Gasteiger partial charge in [-0.05, 0) is 51.1 Å². The number of hydrogen-bond donors (Lipinski definition) is 1. The molecule has 2 heterocycles. The van der Waals surface area contributed by atoms with Gasteiger partial charge < -0.3 is 5.32 Å². The molecule has 0 radical (unpaired) electrons. The van der Waals surface area contributed by atoms with Gasteiger partial charge in [0.1, 0.15) is 0 Å². The summed E-state index contributed by atoms with van der Waals surface area (Å²) in [5.41, 5.74) is 5.74. The molecule has 0 aliphatic carbocycles. The minimum Gasteiger partial charge on any atom is -0.322 e. The SMILES string of the molecule is Cc1ccc(Sc2cc(NC(=O)c3cc(-c4c(C)nn(C)c4C)nc4ccccc34)cc([N+](=O)[O-])c2)cc1. The fourth-order valence-corrected chi connectivity index (χ4v) is 5.31. The maximum atomic E-state index is 13.6. The first-order chi connectivity index (χ1) is 18.2. The van der Waals surface area contributed by atoms with Gasteiger partial charge in [0.2, 0.25) is 0 Å². The number of fused-ring (bicyclic) bond motifs is 1. The van der Waals surface area contributed by atoms with Crippen LogP contribution in [0.2, 0.25) is 0 Å². The van der Waals surface area contributed by atoms with E-state index in [1.54, 1.807) is 16.8 Å². The van der Waals surface area contributed by atoms with E-state index in [1.807, 2.05) is 76.3 Å². The van der Waals surface area contributed by atoms with Crippen molar-refractivity contribution in [2.24, 2.45) is 7.05 Å². The molecule has 5 rings (SSSR count). The number of nitro benzene ring substituents is 1. The third kappa shape index (κ3) is 5.01. The minimum atomic E-state index is -0.456. The summed E-state index contributed by atoms with van der Waals surface area (Å²) in [5, 5.41) is 19.7. The van der Waals surface area contributed by atoms with Crippen molar-refractivity contribution in [1.82, 2.24) is 14.8 Å². The Labute approximate surface area is 223 Å². The molecule has 0 saturated heterocycles. The first-order valence-electron chi connectivity index (χ1n) is 12.0. The quantitative estimate of drug-likeness (QED) is 0.192. The smallest absolute Gasteiger partial charge is 0.272 e. The molecule has 0 unspecified atom stereocenters. The number of para-hydroxylation sites is 1. The highest BCUT2D eigenvalue weighted by Crippen LogP contribution is 2.34. The number of pyridine rings is 1. The molecule has 1 N–H and O–H groups in total. The third-order valence-electron chi connectivity index (χ3n) is 6.34. The van der Waals surface area contributed by atoms with Gasteiger partial charge in [0.15, 0.2) is 0 Å². The second kappa shape index (κ2) is 10.1. The summed E-state index contributed by atoms with van der Waals surface area (Å²) in [6.45, 7) is 5.87. The number of nitrogens with one attached hydrogen (secondary N) is 1. The fraction of sp³-hybridized carbons (Fsp3) is 0.138. The number of aromatic nitrogens is 3. The lowest BCUT2D eigenvalue weighted by Gasteiger charge is -2.12. The van der Waals surface area contributed by atoms with Crippen molar-refractivity contribution < 1.29 is 9.72 Å². The lowest BCUT2D eigenvalue weighted by molar-refractivity contribution is -0.385. The number of carbonyl (C=O) groups excluding carboxylic acids is 1. The van der Waals surface area contributed by atoms with Crippen LogP contribution in [-0.2, 0) is 7.05 Å². The van der Waals surface area contributed by atoms with E-state index in [1.165, 1.54) is 23.9 Å². The van der Waals surface area contributed by atoms with Crippen LogP contribution in [0.25, 0.3) is 22.2 Å². The molecule has 3 aromatic carbocycles. The average Bonchev–Trinajstić information content (AvgIpc) is 3.15. The molecular weight excluding hydrogens is 498 g/mol. The van der Waals surface area contributed by atoms with Crippen molar-refractivity contribution >= 4 is 39.9 Å². The molecule has 0 aliphatic heterocycles. The van der Waals surface area contributed by atoms with Gasteiger partial charge in [-0.3, -0.25) is 19.6 Å². The number of nitrogens with zero attached hydrogens (tertiary/aromatic N) is 4. The summed E-state index contributed by atoms with van der Waals surface area (Å²) in [4.78, 5) is 31.3. The van der Waals surface area contributed by atoms with Crippen LogP contribution in [0.15, 0.2) is 82.6 Å². The van der Waals surface area contributed by atoms with Gasteiger partial charge in [0.25, 0.3) is 11.6 Å². The Morgan fingerprint density at radius 1 is 0.974 bits per heavy atom. The van der Waals surface area contributed by atoms with Gasteiger partial charge in [0, 0.05) is 51.3 Å². The van der Waals surface area contributed by atoms with Crippen molar-refractivity contribution in [3.63, 3.8) is 0 Å². The van der Waals surface area contributed by atoms with E-state index < -0.39 is 4.92 Å². The number of rotatable bonds is 6. The highest BCUT2D eigenvalue weighted by atomic mass is 32.2. The third-order valence-corrected chi connectivity index (χ3v) is 7.32. The maximum absolute atomic E-state index is 13.6. The number of carbonyl (C=O) groups is 1. The van der Waals surface area contributed by atoms with Gasteiger partial charge in [-0.2, -0.15) is 5.10 Å². The first kappa shape index (κ1) is 25.2. The first-order valence-corrected chi connectivity index (χ1v) is 12.8. The Morgan fingerprint density at radius 2 is 1.71 bits per heavy atom. The number of anilines is 1. The van der Waals surface area contributed by atoms with Crippen LogP contribution in [0.1, 0.15) is 27.3 Å². The number of benzene rings is 3. The van der Waals surface area contributed by atoms with Crippen molar-refractivity contribution in [1.29, 1.82) is 0 Å². The van der Waals surface area contributed by atoms with Crippen molar-refractivity contribution in [2.45, 2.75) is 30.6 Å². The van der Waals surface area contributed by atoms with Crippen LogP contribution in [0.5, 0.6) is 0 Å². The Hall–Kier alpha value is -4.50. The molecule has 5 aromatic rings. The van der Waals surface area contributed by atoms with Crippen molar-refractivity contribution in [3.8, 4) is 11.3 Å². The van der Waals surface area contributed by atoms with E-state index in [-0.39, 0.29) is 11.6 Å². The van der Waals surface area contributed by atoms with E-state index in [4.69, 9.17) is 4.98 Å². The molecular formula is C29H25N5O3S. The maximum Gasteiger partial charge on any atom is 0.272 e. The molecule has 2 aromatic heterocycles. The summed E-state index contributed by atoms with van der Waals surface area (Å²) in [7, 11) is 1.87. The van der Waals surface area contributed by atoms with Gasteiger partial charge >= 0.3 is 0 Å². The van der Waals surface area contributed by atoms with E-state index in [0.717, 1.165) is 27.4 Å². The fourth-order valence-electron chi connectivity index (χ4n) is 4.40. The zero-order chi connectivity index (χ0) is 27.0. The molecule has 9 heteroatoms. The summed E-state index contributed by atoms with van der Waals surface area (Å²) >= 11 is 1.40. The molecule has 38 heavy (non-hydrogen) atoms. The normalized spacial score (nSPS) is 11.1. The monoisotopic (exact) mass is 523 g/mol. The molecule has 0 saturated carbocycles. The Kier molecular flexibility index (Phi) is 6.69. The molecule has 0 bridgehead atoms. The zero-order valence-electron chi connectivity index (χ0n) is 21.4. The molecule has 0 aliphatic rings. The topological polar surface area (TPSA) is 103 Å². The second-order valence-electron chi connectivity index (χ2n) is 9.08. The van der Waals surface area contributed by atoms with E-state index in [0.29, 0.717) is 32.7 Å². The van der Waals surface area contributed by atoms with Gasteiger partial charge in [0.05, 0.1) is 27.4 Å². The predicted molar refractivity (Wildman–Crippen MR) is 150 cm³/mol. The highest BCUT2D eigenvalue weighted by Gasteiger charge is 2.20. The lowest BCUT2D eigenvalue weighted by atomic mass is 10.0. The minimum absolute atomic E-state index is 0.0979. The molecule has 0 atom stereocenters. The Morgan fingerprint density at radius 3 is 2.39 bits per heavy atom. The molecule has 8 nitrogen and oxygen atoms in total. The molecule has 0 spiro atoms. The number of nitro groups is 1. The molecule has 0 fully saturated rings. The van der Waals surface area contributed by atoms with E-state index in [9.17, 15) is 14.9 Å². The van der Waals surface area contributed by atoms with Crippen molar-refractivity contribution in [3.05, 3.63) is 105 Å². The van der Waals surface area contributed by atoms with Crippen LogP contribution in [0.3, 0.4) is 0 Å². The second-order valence-corrected chi connectivity index (χ2v) is 10.2. The number of aryl methyl sites for hydroxylation is 3. The summed E-state index contributed by atoms with van der Waals surface area (Å²) in [5.74, 6) is -0.379. The molecule has 190 valence electrons. The highest BCUT2D eigenvalue weighted by molar-refractivity contribution is 7.99. The number of amides is 1. The predicted octanol–water partition coefficient (Wildman–Crippen LogP) is 6.87. The largest absolute Gasteiger partial charge is 0.322 e. The lowest BCUT2D eigenvalue weighted by Crippen LogP contribution is -2.13. The van der Waals surface area contributed by atoms with Crippen LogP contribution >= 0.6 is 11.8 Å². The Balaban J connectivity index is 1.55. The average molecular weight is 524 g/mol. The Bertz CT molecular complexity index is 1710. The van der Waals surface area contributed by atoms with Crippen LogP contribution in [-0.4, -0.2) is 25.6 Å².